The van der Waals surface area contributed by atoms with Crippen LogP contribution in [0.15, 0.2) is 12.3 Å². The summed E-state index contributed by atoms with van der Waals surface area (Å²) in [5, 5.41) is 0.658. The summed E-state index contributed by atoms with van der Waals surface area (Å²) in [4.78, 5) is 18.4. The number of hydrogen-bond donors (Lipinski definition) is 0. The van der Waals surface area contributed by atoms with Crippen molar-refractivity contribution >= 4 is 29.1 Å². The zero-order chi connectivity index (χ0) is 15.7. The molecule has 0 aromatic carbocycles. The minimum Gasteiger partial charge on any atom is -0.339 e. The lowest BCUT2D eigenvalue weighted by molar-refractivity contribution is 0.0749. The monoisotopic (exact) mass is 330 g/mol. The van der Waals surface area contributed by atoms with Gasteiger partial charge in [0.15, 0.2) is 0 Å². The molecule has 0 aliphatic heterocycles. The van der Waals surface area contributed by atoms with E-state index in [1.54, 1.807) is 6.07 Å². The SMILES string of the molecule is CCCCCN(CCCCC)C(=O)c1cc(Cl)ncc1Cl. The van der Waals surface area contributed by atoms with Crippen molar-refractivity contribution in [1.82, 2.24) is 9.88 Å². The second-order valence-electron chi connectivity index (χ2n) is 5.19. The average molecular weight is 331 g/mol. The molecular weight excluding hydrogens is 307 g/mol. The predicted octanol–water partition coefficient (Wildman–Crippen LogP) is 5.21. The van der Waals surface area contributed by atoms with Gasteiger partial charge >= 0.3 is 0 Å². The molecule has 1 heterocycles. The third-order valence-electron chi connectivity index (χ3n) is 3.40. The van der Waals surface area contributed by atoms with Crippen molar-refractivity contribution < 1.29 is 4.79 Å². The van der Waals surface area contributed by atoms with E-state index in [4.69, 9.17) is 23.2 Å². The van der Waals surface area contributed by atoms with Gasteiger partial charge < -0.3 is 4.90 Å². The fraction of sp³-hybridized carbons (Fsp3) is 0.625. The number of carbonyl (C=O) groups is 1. The van der Waals surface area contributed by atoms with Gasteiger partial charge in [0, 0.05) is 19.3 Å². The van der Waals surface area contributed by atoms with Crippen LogP contribution in [0.1, 0.15) is 62.7 Å². The van der Waals surface area contributed by atoms with Gasteiger partial charge in [-0.2, -0.15) is 0 Å². The molecule has 0 N–H and O–H groups in total. The zero-order valence-electron chi connectivity index (χ0n) is 12.9. The predicted molar refractivity (Wildman–Crippen MR) is 89.2 cm³/mol. The van der Waals surface area contributed by atoms with Gasteiger partial charge in [-0.3, -0.25) is 4.79 Å². The molecule has 118 valence electrons. The summed E-state index contributed by atoms with van der Waals surface area (Å²) in [5.41, 5.74) is 0.449. The van der Waals surface area contributed by atoms with Crippen LogP contribution in [0.5, 0.6) is 0 Å². The second kappa shape index (κ2) is 10.0. The minimum absolute atomic E-state index is 0.0449. The summed E-state index contributed by atoms with van der Waals surface area (Å²) < 4.78 is 0. The number of aromatic nitrogens is 1. The summed E-state index contributed by atoms with van der Waals surface area (Å²) >= 11 is 12.0. The molecule has 0 unspecified atom stereocenters. The van der Waals surface area contributed by atoms with Crippen molar-refractivity contribution in [2.75, 3.05) is 13.1 Å². The van der Waals surface area contributed by atoms with Crippen LogP contribution in [0.2, 0.25) is 10.2 Å². The van der Waals surface area contributed by atoms with E-state index in [-0.39, 0.29) is 5.91 Å². The molecule has 5 heteroatoms. The quantitative estimate of drug-likeness (QED) is 0.460. The summed E-state index contributed by atoms with van der Waals surface area (Å²) in [5.74, 6) is -0.0449. The Bertz CT molecular complexity index is 442. The van der Waals surface area contributed by atoms with E-state index in [1.165, 1.54) is 6.20 Å². The fourth-order valence-electron chi connectivity index (χ4n) is 2.17. The van der Waals surface area contributed by atoms with Crippen molar-refractivity contribution in [3.05, 3.63) is 28.0 Å². The number of hydrogen-bond acceptors (Lipinski definition) is 2. The number of unbranched alkanes of at least 4 members (excludes halogenated alkanes) is 4. The van der Waals surface area contributed by atoms with E-state index in [0.29, 0.717) is 15.7 Å². The lowest BCUT2D eigenvalue weighted by atomic mass is 10.1. The highest BCUT2D eigenvalue weighted by Crippen LogP contribution is 2.20. The van der Waals surface area contributed by atoms with Gasteiger partial charge in [0.2, 0.25) is 0 Å². The topological polar surface area (TPSA) is 33.2 Å². The van der Waals surface area contributed by atoms with Gasteiger partial charge in [-0.25, -0.2) is 4.98 Å². The molecule has 1 amide bonds. The molecule has 1 aromatic rings. The van der Waals surface area contributed by atoms with Crippen LogP contribution in [0.25, 0.3) is 0 Å². The molecule has 0 saturated carbocycles. The highest BCUT2D eigenvalue weighted by molar-refractivity contribution is 6.35. The lowest BCUT2D eigenvalue weighted by Gasteiger charge is -2.23. The Morgan fingerprint density at radius 2 is 1.67 bits per heavy atom. The molecule has 0 aliphatic rings. The van der Waals surface area contributed by atoms with E-state index in [1.807, 2.05) is 4.90 Å². The highest BCUT2D eigenvalue weighted by atomic mass is 35.5. The first-order valence-corrected chi connectivity index (χ1v) is 8.46. The molecule has 3 nitrogen and oxygen atoms in total. The van der Waals surface area contributed by atoms with E-state index in [2.05, 4.69) is 18.8 Å². The van der Waals surface area contributed by atoms with Crippen LogP contribution in [0.3, 0.4) is 0 Å². The minimum atomic E-state index is -0.0449. The lowest BCUT2D eigenvalue weighted by Crippen LogP contribution is -2.33. The highest BCUT2D eigenvalue weighted by Gasteiger charge is 2.18. The van der Waals surface area contributed by atoms with Gasteiger partial charge in [0.1, 0.15) is 5.15 Å². The molecule has 0 fully saturated rings. The van der Waals surface area contributed by atoms with Crippen molar-refractivity contribution in [3.8, 4) is 0 Å². The van der Waals surface area contributed by atoms with Gasteiger partial charge in [0.05, 0.1) is 10.6 Å². The molecule has 1 aromatic heterocycles. The van der Waals surface area contributed by atoms with Crippen LogP contribution in [0.4, 0.5) is 0 Å². The Morgan fingerprint density at radius 3 is 2.19 bits per heavy atom. The largest absolute Gasteiger partial charge is 0.339 e. The Morgan fingerprint density at radius 1 is 1.10 bits per heavy atom. The third kappa shape index (κ3) is 6.23. The maximum atomic E-state index is 12.7. The Labute approximate surface area is 137 Å². The zero-order valence-corrected chi connectivity index (χ0v) is 14.4. The third-order valence-corrected chi connectivity index (χ3v) is 3.91. The molecule has 0 radical (unpaired) electrons. The van der Waals surface area contributed by atoms with Crippen LogP contribution < -0.4 is 0 Å². The fourth-order valence-corrected chi connectivity index (χ4v) is 2.51. The summed E-state index contributed by atoms with van der Waals surface area (Å²) in [6.45, 7) is 5.85. The van der Waals surface area contributed by atoms with E-state index in [0.717, 1.165) is 51.6 Å². The first-order valence-electron chi connectivity index (χ1n) is 7.70. The summed E-state index contributed by atoms with van der Waals surface area (Å²) in [6, 6.07) is 1.55. The maximum Gasteiger partial charge on any atom is 0.255 e. The molecule has 0 aliphatic carbocycles. The number of carbonyl (C=O) groups excluding carboxylic acids is 1. The smallest absolute Gasteiger partial charge is 0.255 e. The second-order valence-corrected chi connectivity index (χ2v) is 5.99. The molecular formula is C16H24Cl2N2O. The maximum absolute atomic E-state index is 12.7. The van der Waals surface area contributed by atoms with E-state index in [9.17, 15) is 4.79 Å². The normalized spacial score (nSPS) is 10.7. The first kappa shape index (κ1) is 18.2. The van der Waals surface area contributed by atoms with Crippen LogP contribution in [-0.4, -0.2) is 28.9 Å². The van der Waals surface area contributed by atoms with E-state index >= 15 is 0 Å². The van der Waals surface area contributed by atoms with Gasteiger partial charge in [0.25, 0.3) is 5.91 Å². The van der Waals surface area contributed by atoms with Crippen LogP contribution in [0, 0.1) is 0 Å². The van der Waals surface area contributed by atoms with Crippen molar-refractivity contribution in [1.29, 1.82) is 0 Å². The number of pyridine rings is 1. The van der Waals surface area contributed by atoms with Gasteiger partial charge in [-0.1, -0.05) is 62.7 Å². The van der Waals surface area contributed by atoms with E-state index < -0.39 is 0 Å². The first-order chi connectivity index (χ1) is 10.1. The number of nitrogens with zero attached hydrogens (tertiary/aromatic N) is 2. The standard InChI is InChI=1S/C16H24Cl2N2O/c1-3-5-7-9-20(10-8-6-4-2)16(21)13-11-15(18)19-12-14(13)17/h11-12H,3-10H2,1-2H3. The molecule has 1 rings (SSSR count). The van der Waals surface area contributed by atoms with Crippen LogP contribution >= 0.6 is 23.2 Å². The molecule has 0 bridgehead atoms. The van der Waals surface area contributed by atoms with Gasteiger partial charge in [-0.15, -0.1) is 0 Å². The van der Waals surface area contributed by atoms with Gasteiger partial charge in [-0.05, 0) is 18.9 Å². The number of rotatable bonds is 9. The summed E-state index contributed by atoms with van der Waals surface area (Å²) in [6.07, 6.45) is 8.01. The Balaban J connectivity index is 2.79. The van der Waals surface area contributed by atoms with Crippen molar-refractivity contribution in [2.45, 2.75) is 52.4 Å². The Kier molecular flexibility index (Phi) is 8.70. The number of amides is 1. The molecule has 0 saturated heterocycles. The average Bonchev–Trinajstić information content (AvgIpc) is 2.48. The van der Waals surface area contributed by atoms with Crippen LogP contribution in [-0.2, 0) is 0 Å². The molecule has 0 spiro atoms. The summed E-state index contributed by atoms with van der Waals surface area (Å²) in [7, 11) is 0. The Hall–Kier alpha value is -0.800. The molecule has 21 heavy (non-hydrogen) atoms. The van der Waals surface area contributed by atoms with Crippen molar-refractivity contribution in [3.63, 3.8) is 0 Å². The number of halogens is 2. The van der Waals surface area contributed by atoms with Crippen molar-refractivity contribution in [2.24, 2.45) is 0 Å². The molecule has 0 atom stereocenters.